The second-order valence-electron chi connectivity index (χ2n) is 4.30. The van der Waals surface area contributed by atoms with E-state index in [0.29, 0.717) is 5.69 Å². The molecule has 0 aliphatic rings. The zero-order chi connectivity index (χ0) is 14.4. The molecule has 1 aromatic heterocycles. The fraction of sp³-hybridized carbons (Fsp3) is 0.267. The summed E-state index contributed by atoms with van der Waals surface area (Å²) in [5.74, 6) is -1.23. The van der Waals surface area contributed by atoms with Crippen LogP contribution in [0.4, 0.5) is 8.78 Å². The molecular formula is C15H16F2N2O. The first-order valence-corrected chi connectivity index (χ1v) is 6.41. The molecule has 1 N–H and O–H groups in total. The molecule has 1 heterocycles. The molecule has 106 valence electrons. The molecule has 0 atom stereocenters. The number of hydrogen-bond donors (Lipinski definition) is 1. The van der Waals surface area contributed by atoms with Gasteiger partial charge < -0.3 is 10.1 Å². The van der Waals surface area contributed by atoms with Gasteiger partial charge in [-0.1, -0.05) is 13.0 Å². The van der Waals surface area contributed by atoms with E-state index in [1.54, 1.807) is 6.20 Å². The lowest BCUT2D eigenvalue weighted by Crippen LogP contribution is -2.12. The van der Waals surface area contributed by atoms with Crippen LogP contribution in [-0.4, -0.2) is 11.5 Å². The van der Waals surface area contributed by atoms with Gasteiger partial charge in [-0.3, -0.25) is 4.98 Å². The zero-order valence-electron chi connectivity index (χ0n) is 11.2. The van der Waals surface area contributed by atoms with Crippen LogP contribution in [0.2, 0.25) is 0 Å². The molecule has 0 radical (unpaired) electrons. The standard InChI is InChI=1S/C15H16F2N2O/c1-2-18-8-11-3-5-13(19-9-11)10-20-15-7-12(16)4-6-14(15)17/h3-7,9,18H,2,8,10H2,1H3. The molecule has 20 heavy (non-hydrogen) atoms. The molecule has 0 amide bonds. The normalized spacial score (nSPS) is 10.6. The number of rotatable bonds is 6. The molecule has 2 aromatic rings. The quantitative estimate of drug-likeness (QED) is 0.882. The topological polar surface area (TPSA) is 34.1 Å². The minimum atomic E-state index is -0.588. The zero-order valence-corrected chi connectivity index (χ0v) is 11.2. The van der Waals surface area contributed by atoms with E-state index in [4.69, 9.17) is 4.74 Å². The number of nitrogens with one attached hydrogen (secondary N) is 1. The SMILES string of the molecule is CCNCc1ccc(COc2cc(F)ccc2F)nc1. The average Bonchev–Trinajstić information content (AvgIpc) is 2.47. The van der Waals surface area contributed by atoms with Gasteiger partial charge in [-0.25, -0.2) is 8.78 Å². The summed E-state index contributed by atoms with van der Waals surface area (Å²) >= 11 is 0. The third-order valence-corrected chi connectivity index (χ3v) is 2.73. The number of halogens is 2. The van der Waals surface area contributed by atoms with E-state index in [1.165, 1.54) is 0 Å². The molecule has 5 heteroatoms. The highest BCUT2D eigenvalue weighted by Crippen LogP contribution is 2.19. The summed E-state index contributed by atoms with van der Waals surface area (Å²) in [6, 6.07) is 6.85. The number of nitrogens with zero attached hydrogens (tertiary/aromatic N) is 1. The van der Waals surface area contributed by atoms with Crippen molar-refractivity contribution in [1.29, 1.82) is 0 Å². The van der Waals surface area contributed by atoms with Gasteiger partial charge in [-0.2, -0.15) is 0 Å². The highest BCUT2D eigenvalue weighted by Gasteiger charge is 2.05. The Morgan fingerprint density at radius 1 is 1.20 bits per heavy atom. The van der Waals surface area contributed by atoms with Gasteiger partial charge in [0.25, 0.3) is 0 Å². The lowest BCUT2D eigenvalue weighted by atomic mass is 10.2. The molecule has 0 saturated carbocycles. The van der Waals surface area contributed by atoms with Crippen molar-refractivity contribution in [2.45, 2.75) is 20.1 Å². The van der Waals surface area contributed by atoms with Crippen molar-refractivity contribution in [3.63, 3.8) is 0 Å². The van der Waals surface area contributed by atoms with E-state index in [0.717, 1.165) is 36.9 Å². The maximum absolute atomic E-state index is 13.4. The molecule has 2 rings (SSSR count). The molecule has 0 aliphatic heterocycles. The van der Waals surface area contributed by atoms with Crippen LogP contribution in [0, 0.1) is 11.6 Å². The molecule has 3 nitrogen and oxygen atoms in total. The average molecular weight is 278 g/mol. The van der Waals surface area contributed by atoms with Crippen LogP contribution in [0.1, 0.15) is 18.2 Å². The van der Waals surface area contributed by atoms with Crippen LogP contribution in [-0.2, 0) is 13.2 Å². The van der Waals surface area contributed by atoms with Gasteiger partial charge in [-0.05, 0) is 30.3 Å². The van der Waals surface area contributed by atoms with Gasteiger partial charge in [0.1, 0.15) is 12.4 Å². The monoisotopic (exact) mass is 278 g/mol. The van der Waals surface area contributed by atoms with Gasteiger partial charge >= 0.3 is 0 Å². The van der Waals surface area contributed by atoms with E-state index in [-0.39, 0.29) is 12.4 Å². The van der Waals surface area contributed by atoms with Gasteiger partial charge in [0.2, 0.25) is 0 Å². The second-order valence-corrected chi connectivity index (χ2v) is 4.30. The number of benzene rings is 1. The molecule has 0 saturated heterocycles. The Morgan fingerprint density at radius 3 is 2.75 bits per heavy atom. The Labute approximate surface area is 116 Å². The first kappa shape index (κ1) is 14.4. The van der Waals surface area contributed by atoms with Gasteiger partial charge in [-0.15, -0.1) is 0 Å². The van der Waals surface area contributed by atoms with Crippen molar-refractivity contribution in [3.8, 4) is 5.75 Å². The smallest absolute Gasteiger partial charge is 0.165 e. The van der Waals surface area contributed by atoms with Crippen LogP contribution in [0.3, 0.4) is 0 Å². The van der Waals surface area contributed by atoms with E-state index < -0.39 is 11.6 Å². The van der Waals surface area contributed by atoms with Crippen LogP contribution in [0.5, 0.6) is 5.75 Å². The van der Waals surface area contributed by atoms with Crippen molar-refractivity contribution >= 4 is 0 Å². The Kier molecular flexibility index (Phi) is 5.01. The summed E-state index contributed by atoms with van der Waals surface area (Å²) in [7, 11) is 0. The van der Waals surface area contributed by atoms with Crippen LogP contribution in [0.25, 0.3) is 0 Å². The molecule has 0 fully saturated rings. The maximum atomic E-state index is 13.4. The molecule has 0 unspecified atom stereocenters. The Bertz CT molecular complexity index is 558. The van der Waals surface area contributed by atoms with Crippen LogP contribution in [0.15, 0.2) is 36.5 Å². The first-order valence-electron chi connectivity index (χ1n) is 6.41. The molecule has 1 aromatic carbocycles. The summed E-state index contributed by atoms with van der Waals surface area (Å²) in [5, 5.41) is 3.19. The molecule has 0 bridgehead atoms. The van der Waals surface area contributed by atoms with Gasteiger partial charge in [0, 0.05) is 18.8 Å². The number of hydrogen-bond acceptors (Lipinski definition) is 3. The number of pyridine rings is 1. The molecule has 0 aliphatic carbocycles. The van der Waals surface area contributed by atoms with E-state index >= 15 is 0 Å². The Hall–Kier alpha value is -2.01. The van der Waals surface area contributed by atoms with Crippen LogP contribution < -0.4 is 10.1 Å². The fourth-order valence-electron chi connectivity index (χ4n) is 1.65. The number of aromatic nitrogens is 1. The predicted octanol–water partition coefficient (Wildman–Crippen LogP) is 3.05. The summed E-state index contributed by atoms with van der Waals surface area (Å²) in [6.45, 7) is 3.78. The van der Waals surface area contributed by atoms with Crippen molar-refractivity contribution in [2.75, 3.05) is 6.54 Å². The molecular weight excluding hydrogens is 262 g/mol. The third-order valence-electron chi connectivity index (χ3n) is 2.73. The third kappa shape index (κ3) is 3.99. The van der Waals surface area contributed by atoms with Crippen molar-refractivity contribution < 1.29 is 13.5 Å². The largest absolute Gasteiger partial charge is 0.484 e. The Balaban J connectivity index is 1.95. The highest BCUT2D eigenvalue weighted by molar-refractivity contribution is 5.25. The van der Waals surface area contributed by atoms with E-state index in [9.17, 15) is 8.78 Å². The summed E-state index contributed by atoms with van der Waals surface area (Å²) in [5.41, 5.74) is 1.72. The minimum absolute atomic E-state index is 0.0991. The Morgan fingerprint density at radius 2 is 2.05 bits per heavy atom. The first-order chi connectivity index (χ1) is 9.69. The van der Waals surface area contributed by atoms with E-state index in [2.05, 4.69) is 10.3 Å². The summed E-state index contributed by atoms with van der Waals surface area (Å²) < 4.78 is 31.6. The summed E-state index contributed by atoms with van der Waals surface area (Å²) in [6.07, 6.45) is 1.74. The molecule has 0 spiro atoms. The second kappa shape index (κ2) is 6.96. The van der Waals surface area contributed by atoms with Gasteiger partial charge in [0.15, 0.2) is 11.6 Å². The minimum Gasteiger partial charge on any atom is -0.484 e. The van der Waals surface area contributed by atoms with E-state index in [1.807, 2.05) is 19.1 Å². The van der Waals surface area contributed by atoms with Crippen molar-refractivity contribution in [2.24, 2.45) is 0 Å². The predicted molar refractivity (Wildman–Crippen MR) is 72.3 cm³/mol. The van der Waals surface area contributed by atoms with Crippen LogP contribution >= 0.6 is 0 Å². The summed E-state index contributed by atoms with van der Waals surface area (Å²) in [4.78, 5) is 4.22. The lowest BCUT2D eigenvalue weighted by Gasteiger charge is -2.07. The maximum Gasteiger partial charge on any atom is 0.165 e. The van der Waals surface area contributed by atoms with Crippen molar-refractivity contribution in [1.82, 2.24) is 10.3 Å². The lowest BCUT2D eigenvalue weighted by molar-refractivity contribution is 0.284. The van der Waals surface area contributed by atoms with Gasteiger partial charge in [0.05, 0.1) is 5.69 Å². The fourth-order valence-corrected chi connectivity index (χ4v) is 1.65. The number of ether oxygens (including phenoxy) is 1. The highest BCUT2D eigenvalue weighted by atomic mass is 19.1. The van der Waals surface area contributed by atoms with Crippen molar-refractivity contribution in [3.05, 3.63) is 59.4 Å².